The van der Waals surface area contributed by atoms with Crippen molar-refractivity contribution in [2.24, 2.45) is 0 Å². The van der Waals surface area contributed by atoms with E-state index in [0.717, 1.165) is 11.8 Å². The highest BCUT2D eigenvalue weighted by Gasteiger charge is 2.33. The monoisotopic (exact) mass is 316 g/mol. The molecule has 1 aliphatic heterocycles. The number of nitrogens with one attached hydrogen (secondary N) is 1. The van der Waals surface area contributed by atoms with E-state index in [4.69, 9.17) is 5.41 Å². The SMILES string of the molecule is N=C1S/C(=C\c2ccc(F)cc2)C(=O)N1c1ccc(F)cc1. The maximum Gasteiger partial charge on any atom is 0.271 e. The minimum atomic E-state index is -0.406. The fourth-order valence-electron chi connectivity index (χ4n) is 2.02. The van der Waals surface area contributed by atoms with Crippen molar-refractivity contribution >= 4 is 34.6 Å². The Morgan fingerprint density at radius 2 is 1.50 bits per heavy atom. The highest BCUT2D eigenvalue weighted by molar-refractivity contribution is 8.19. The molecule has 0 radical (unpaired) electrons. The molecule has 2 aromatic carbocycles. The van der Waals surface area contributed by atoms with E-state index in [-0.39, 0.29) is 16.9 Å². The molecule has 0 aliphatic carbocycles. The Balaban J connectivity index is 1.91. The van der Waals surface area contributed by atoms with E-state index in [0.29, 0.717) is 16.2 Å². The standard InChI is InChI=1S/C16H10F2N2OS/c17-11-3-1-10(2-4-11)9-14-15(21)20(16(19)22-14)13-7-5-12(18)6-8-13/h1-9,19H/b14-9-,19-16?. The lowest BCUT2D eigenvalue weighted by Crippen LogP contribution is -2.28. The van der Waals surface area contributed by atoms with E-state index in [2.05, 4.69) is 0 Å². The minimum Gasteiger partial charge on any atom is -0.278 e. The van der Waals surface area contributed by atoms with Crippen molar-refractivity contribution < 1.29 is 13.6 Å². The first-order valence-corrected chi connectivity index (χ1v) is 7.20. The van der Waals surface area contributed by atoms with Crippen LogP contribution in [0.2, 0.25) is 0 Å². The average molecular weight is 316 g/mol. The molecule has 0 unspecified atom stereocenters. The molecule has 3 rings (SSSR count). The molecule has 1 saturated heterocycles. The Morgan fingerprint density at radius 1 is 0.955 bits per heavy atom. The molecule has 1 amide bonds. The number of nitrogens with zero attached hydrogens (tertiary/aromatic N) is 1. The summed E-state index contributed by atoms with van der Waals surface area (Å²) in [5.74, 6) is -1.11. The topological polar surface area (TPSA) is 44.2 Å². The average Bonchev–Trinajstić information content (AvgIpc) is 2.77. The van der Waals surface area contributed by atoms with Crippen molar-refractivity contribution in [3.63, 3.8) is 0 Å². The van der Waals surface area contributed by atoms with Crippen LogP contribution in [-0.4, -0.2) is 11.1 Å². The number of benzene rings is 2. The van der Waals surface area contributed by atoms with Crippen molar-refractivity contribution in [1.29, 1.82) is 5.41 Å². The third-order valence-electron chi connectivity index (χ3n) is 3.08. The summed E-state index contributed by atoms with van der Waals surface area (Å²) in [7, 11) is 0. The Morgan fingerprint density at radius 3 is 2.09 bits per heavy atom. The number of hydrogen-bond donors (Lipinski definition) is 1. The molecule has 0 saturated carbocycles. The summed E-state index contributed by atoms with van der Waals surface area (Å²) in [6.45, 7) is 0. The first kappa shape index (κ1) is 14.5. The Labute approximate surface area is 129 Å². The third kappa shape index (κ3) is 2.78. The molecule has 6 heteroatoms. The highest BCUT2D eigenvalue weighted by Crippen LogP contribution is 2.35. The zero-order valence-electron chi connectivity index (χ0n) is 11.2. The lowest BCUT2D eigenvalue weighted by atomic mass is 10.2. The van der Waals surface area contributed by atoms with Gasteiger partial charge >= 0.3 is 0 Å². The number of amidine groups is 1. The van der Waals surface area contributed by atoms with Crippen LogP contribution < -0.4 is 4.90 Å². The summed E-state index contributed by atoms with van der Waals surface area (Å²) >= 11 is 1.01. The van der Waals surface area contributed by atoms with Crippen LogP contribution in [0.4, 0.5) is 14.5 Å². The van der Waals surface area contributed by atoms with Gasteiger partial charge < -0.3 is 0 Å². The lowest BCUT2D eigenvalue weighted by Gasteiger charge is -2.13. The second-order valence-electron chi connectivity index (χ2n) is 4.58. The number of halogens is 2. The highest BCUT2D eigenvalue weighted by atomic mass is 32.2. The molecule has 0 bridgehead atoms. The van der Waals surface area contributed by atoms with Crippen LogP contribution >= 0.6 is 11.8 Å². The summed E-state index contributed by atoms with van der Waals surface area (Å²) in [6.07, 6.45) is 1.60. The van der Waals surface area contributed by atoms with Crippen molar-refractivity contribution in [2.45, 2.75) is 0 Å². The molecule has 1 aliphatic rings. The fourth-order valence-corrected chi connectivity index (χ4v) is 2.88. The van der Waals surface area contributed by atoms with Gasteiger partial charge in [0.1, 0.15) is 11.6 Å². The molecule has 0 aromatic heterocycles. The molecule has 110 valence electrons. The molecule has 0 spiro atoms. The number of anilines is 1. The van der Waals surface area contributed by atoms with Gasteiger partial charge in [0.15, 0.2) is 5.17 Å². The summed E-state index contributed by atoms with van der Waals surface area (Å²) in [4.78, 5) is 14.0. The second-order valence-corrected chi connectivity index (χ2v) is 5.61. The quantitative estimate of drug-likeness (QED) is 0.851. The first-order valence-electron chi connectivity index (χ1n) is 6.38. The Hall–Kier alpha value is -2.47. The predicted octanol–water partition coefficient (Wildman–Crippen LogP) is 4.02. The molecule has 1 heterocycles. The largest absolute Gasteiger partial charge is 0.278 e. The number of rotatable bonds is 2. The summed E-state index contributed by atoms with van der Waals surface area (Å²) in [5.41, 5.74) is 1.11. The lowest BCUT2D eigenvalue weighted by molar-refractivity contribution is -0.113. The van der Waals surface area contributed by atoms with Gasteiger partial charge in [-0.1, -0.05) is 12.1 Å². The van der Waals surface area contributed by atoms with Crippen LogP contribution in [-0.2, 0) is 4.79 Å². The normalized spacial score (nSPS) is 16.6. The van der Waals surface area contributed by atoms with Gasteiger partial charge in [-0.15, -0.1) is 0 Å². The fraction of sp³-hybridized carbons (Fsp3) is 0. The van der Waals surface area contributed by atoms with E-state index in [1.165, 1.54) is 41.3 Å². The zero-order valence-corrected chi connectivity index (χ0v) is 12.0. The van der Waals surface area contributed by atoms with E-state index in [1.807, 2.05) is 0 Å². The van der Waals surface area contributed by atoms with Gasteiger partial charge in [0.05, 0.1) is 10.6 Å². The molecule has 0 atom stereocenters. The first-order chi connectivity index (χ1) is 10.5. The number of amides is 1. The number of hydrogen-bond acceptors (Lipinski definition) is 3. The van der Waals surface area contributed by atoms with Gasteiger partial charge in [0.2, 0.25) is 0 Å². The van der Waals surface area contributed by atoms with E-state index >= 15 is 0 Å². The minimum absolute atomic E-state index is 0.0463. The molecular formula is C16H10F2N2OS. The van der Waals surface area contributed by atoms with Crippen LogP contribution in [0.5, 0.6) is 0 Å². The van der Waals surface area contributed by atoms with E-state index in [9.17, 15) is 13.6 Å². The maximum absolute atomic E-state index is 13.0. The van der Waals surface area contributed by atoms with Gasteiger partial charge in [0, 0.05) is 0 Å². The maximum atomic E-state index is 13.0. The van der Waals surface area contributed by atoms with Gasteiger partial charge in [0.25, 0.3) is 5.91 Å². The summed E-state index contributed by atoms with van der Waals surface area (Å²) in [6, 6.07) is 11.1. The van der Waals surface area contributed by atoms with Gasteiger partial charge in [-0.05, 0) is 59.8 Å². The smallest absolute Gasteiger partial charge is 0.271 e. The van der Waals surface area contributed by atoms with Crippen LogP contribution in [0.1, 0.15) is 5.56 Å². The van der Waals surface area contributed by atoms with Crippen molar-refractivity contribution in [1.82, 2.24) is 0 Å². The number of thioether (sulfide) groups is 1. The summed E-state index contributed by atoms with van der Waals surface area (Å²) < 4.78 is 25.8. The van der Waals surface area contributed by atoms with Crippen LogP contribution in [0.15, 0.2) is 53.4 Å². The Kier molecular flexibility index (Phi) is 3.77. The molecule has 3 nitrogen and oxygen atoms in total. The van der Waals surface area contributed by atoms with E-state index in [1.54, 1.807) is 18.2 Å². The van der Waals surface area contributed by atoms with Gasteiger partial charge in [-0.2, -0.15) is 0 Å². The van der Waals surface area contributed by atoms with Crippen molar-refractivity contribution in [2.75, 3.05) is 4.90 Å². The molecular weight excluding hydrogens is 306 g/mol. The van der Waals surface area contributed by atoms with Crippen LogP contribution in [0, 0.1) is 17.0 Å². The third-order valence-corrected chi connectivity index (χ3v) is 3.96. The number of carbonyl (C=O) groups is 1. The zero-order chi connectivity index (χ0) is 15.7. The molecule has 1 fully saturated rings. The predicted molar refractivity (Wildman–Crippen MR) is 83.6 cm³/mol. The van der Waals surface area contributed by atoms with Crippen molar-refractivity contribution in [3.8, 4) is 0 Å². The van der Waals surface area contributed by atoms with Crippen LogP contribution in [0.25, 0.3) is 6.08 Å². The van der Waals surface area contributed by atoms with Gasteiger partial charge in [-0.3, -0.25) is 15.1 Å². The second kappa shape index (κ2) is 5.73. The number of carbonyl (C=O) groups excluding carboxylic acids is 1. The van der Waals surface area contributed by atoms with E-state index < -0.39 is 5.82 Å². The summed E-state index contributed by atoms with van der Waals surface area (Å²) in [5, 5.41) is 7.98. The van der Waals surface area contributed by atoms with Crippen molar-refractivity contribution in [3.05, 3.63) is 70.6 Å². The molecule has 2 aromatic rings. The Bertz CT molecular complexity index is 770. The molecule has 22 heavy (non-hydrogen) atoms. The molecule has 1 N–H and O–H groups in total. The van der Waals surface area contributed by atoms with Crippen LogP contribution in [0.3, 0.4) is 0 Å². The van der Waals surface area contributed by atoms with Gasteiger partial charge in [-0.25, -0.2) is 8.78 Å².